The zero-order chi connectivity index (χ0) is 24.2. The monoisotopic (exact) mass is 456 g/mol. The molecule has 3 amide bonds. The predicted octanol–water partition coefficient (Wildman–Crippen LogP) is 4.58. The second kappa shape index (κ2) is 9.91. The number of nitrogens with zero attached hydrogens (tertiary/aromatic N) is 2. The highest BCUT2D eigenvalue weighted by atomic mass is 16.5. The lowest BCUT2D eigenvalue weighted by Crippen LogP contribution is -2.39. The Balaban J connectivity index is 1.48. The van der Waals surface area contributed by atoms with Crippen LogP contribution in [0.3, 0.4) is 0 Å². The molecule has 0 saturated heterocycles. The molecule has 6 nitrogen and oxygen atoms in total. The summed E-state index contributed by atoms with van der Waals surface area (Å²) in [4.78, 5) is 41.9. The van der Waals surface area contributed by atoms with E-state index in [2.05, 4.69) is 0 Å². The molecule has 34 heavy (non-hydrogen) atoms. The number of amides is 3. The van der Waals surface area contributed by atoms with Crippen LogP contribution in [0.15, 0.2) is 72.8 Å². The standard InChI is InChI=1S/C28H28N2O4/c1-4-29(19(2)16-20-12-14-23(34-3)15-13-20)26(31)22-9-7-8-21(17-22)18-30-27(32)24-10-5-6-11-25(24)28(30)33/h5-15,17,19H,4,16,18H2,1-3H3. The summed E-state index contributed by atoms with van der Waals surface area (Å²) in [6.07, 6.45) is 0.721. The van der Waals surface area contributed by atoms with E-state index < -0.39 is 0 Å². The highest BCUT2D eigenvalue weighted by Gasteiger charge is 2.35. The first-order chi connectivity index (χ1) is 16.4. The molecule has 1 atom stereocenters. The van der Waals surface area contributed by atoms with E-state index >= 15 is 0 Å². The van der Waals surface area contributed by atoms with Crippen LogP contribution in [-0.2, 0) is 13.0 Å². The normalized spacial score (nSPS) is 13.6. The van der Waals surface area contributed by atoms with Crippen molar-refractivity contribution in [2.75, 3.05) is 13.7 Å². The van der Waals surface area contributed by atoms with Crippen molar-refractivity contribution in [1.82, 2.24) is 9.80 Å². The SMILES string of the molecule is CCN(C(=O)c1cccc(CN2C(=O)c3ccccc3C2=O)c1)C(C)Cc1ccc(OC)cc1. The van der Waals surface area contributed by atoms with Gasteiger partial charge in [-0.05, 0) is 67.8 Å². The summed E-state index contributed by atoms with van der Waals surface area (Å²) in [5.41, 5.74) is 3.24. The largest absolute Gasteiger partial charge is 0.497 e. The van der Waals surface area contributed by atoms with Crippen molar-refractivity contribution in [3.63, 3.8) is 0 Å². The van der Waals surface area contributed by atoms with E-state index in [1.165, 1.54) is 4.90 Å². The summed E-state index contributed by atoms with van der Waals surface area (Å²) in [6.45, 7) is 4.69. The first-order valence-electron chi connectivity index (χ1n) is 11.4. The van der Waals surface area contributed by atoms with Crippen molar-refractivity contribution in [3.8, 4) is 5.75 Å². The van der Waals surface area contributed by atoms with Gasteiger partial charge in [0.2, 0.25) is 0 Å². The maximum absolute atomic E-state index is 13.4. The van der Waals surface area contributed by atoms with E-state index in [-0.39, 0.29) is 30.3 Å². The molecule has 0 aliphatic carbocycles. The molecule has 0 fully saturated rings. The lowest BCUT2D eigenvalue weighted by Gasteiger charge is -2.28. The summed E-state index contributed by atoms with van der Waals surface area (Å²) in [7, 11) is 1.64. The summed E-state index contributed by atoms with van der Waals surface area (Å²) in [5.74, 6) is 0.115. The van der Waals surface area contributed by atoms with Crippen molar-refractivity contribution >= 4 is 17.7 Å². The third-order valence-electron chi connectivity index (χ3n) is 6.22. The maximum Gasteiger partial charge on any atom is 0.261 e. The molecule has 3 aromatic rings. The van der Waals surface area contributed by atoms with Gasteiger partial charge in [0.1, 0.15) is 5.75 Å². The van der Waals surface area contributed by atoms with Crippen LogP contribution in [0.25, 0.3) is 0 Å². The van der Waals surface area contributed by atoms with Gasteiger partial charge in [-0.1, -0.05) is 36.4 Å². The molecular weight excluding hydrogens is 428 g/mol. The van der Waals surface area contributed by atoms with Crippen LogP contribution in [0.4, 0.5) is 0 Å². The van der Waals surface area contributed by atoms with Crippen molar-refractivity contribution in [1.29, 1.82) is 0 Å². The number of ether oxygens (including phenoxy) is 1. The average molecular weight is 457 g/mol. The number of rotatable bonds is 8. The number of benzene rings is 3. The summed E-state index contributed by atoms with van der Waals surface area (Å²) in [5, 5.41) is 0. The Morgan fingerprint density at radius 2 is 1.56 bits per heavy atom. The Morgan fingerprint density at radius 3 is 2.15 bits per heavy atom. The zero-order valence-electron chi connectivity index (χ0n) is 19.7. The Kier molecular flexibility index (Phi) is 6.77. The fourth-order valence-electron chi connectivity index (χ4n) is 4.40. The van der Waals surface area contributed by atoms with E-state index in [0.717, 1.165) is 23.3 Å². The molecule has 0 saturated carbocycles. The summed E-state index contributed by atoms with van der Waals surface area (Å²) < 4.78 is 5.22. The van der Waals surface area contributed by atoms with Gasteiger partial charge in [0.05, 0.1) is 24.8 Å². The highest BCUT2D eigenvalue weighted by molar-refractivity contribution is 6.21. The third kappa shape index (κ3) is 4.57. The molecule has 0 radical (unpaired) electrons. The van der Waals surface area contributed by atoms with Gasteiger partial charge in [-0.2, -0.15) is 0 Å². The minimum Gasteiger partial charge on any atom is -0.497 e. The molecule has 0 N–H and O–H groups in total. The topological polar surface area (TPSA) is 66.9 Å². The van der Waals surface area contributed by atoms with Gasteiger partial charge in [-0.25, -0.2) is 0 Å². The number of carbonyl (C=O) groups is 3. The lowest BCUT2D eigenvalue weighted by atomic mass is 10.0. The number of hydrogen-bond donors (Lipinski definition) is 0. The molecule has 0 bridgehead atoms. The number of fused-ring (bicyclic) bond motifs is 1. The highest BCUT2D eigenvalue weighted by Crippen LogP contribution is 2.25. The third-order valence-corrected chi connectivity index (χ3v) is 6.22. The van der Waals surface area contributed by atoms with Crippen molar-refractivity contribution in [3.05, 3.63) is 101 Å². The van der Waals surface area contributed by atoms with Gasteiger partial charge in [0, 0.05) is 18.2 Å². The van der Waals surface area contributed by atoms with Crippen LogP contribution in [0.1, 0.15) is 56.0 Å². The minimum absolute atomic E-state index is 0.00853. The first kappa shape index (κ1) is 23.2. The fourth-order valence-corrected chi connectivity index (χ4v) is 4.40. The van der Waals surface area contributed by atoms with Crippen LogP contribution >= 0.6 is 0 Å². The molecule has 174 valence electrons. The molecule has 3 aromatic carbocycles. The van der Waals surface area contributed by atoms with Crippen LogP contribution in [0, 0.1) is 0 Å². The maximum atomic E-state index is 13.4. The number of methoxy groups -OCH3 is 1. The number of likely N-dealkylation sites (N-methyl/N-ethyl adjacent to an activating group) is 1. The quantitative estimate of drug-likeness (QED) is 0.465. The van der Waals surface area contributed by atoms with Gasteiger partial charge in [-0.15, -0.1) is 0 Å². The molecule has 1 aliphatic heterocycles. The van der Waals surface area contributed by atoms with E-state index in [9.17, 15) is 14.4 Å². The van der Waals surface area contributed by atoms with Crippen LogP contribution in [0.2, 0.25) is 0 Å². The molecule has 0 spiro atoms. The van der Waals surface area contributed by atoms with Crippen LogP contribution < -0.4 is 4.74 Å². The van der Waals surface area contributed by atoms with Crippen molar-refractivity contribution in [2.45, 2.75) is 32.9 Å². The van der Waals surface area contributed by atoms with Gasteiger partial charge in [-0.3, -0.25) is 19.3 Å². The number of hydrogen-bond acceptors (Lipinski definition) is 4. The molecule has 1 unspecified atom stereocenters. The second-order valence-electron chi connectivity index (χ2n) is 8.43. The van der Waals surface area contributed by atoms with Gasteiger partial charge >= 0.3 is 0 Å². The Hall–Kier alpha value is -3.93. The van der Waals surface area contributed by atoms with Crippen molar-refractivity contribution < 1.29 is 19.1 Å². The van der Waals surface area contributed by atoms with E-state index in [1.54, 1.807) is 49.6 Å². The Bertz CT molecular complexity index is 1180. The molecule has 0 aromatic heterocycles. The van der Waals surface area contributed by atoms with E-state index in [0.29, 0.717) is 23.2 Å². The number of carbonyl (C=O) groups excluding carboxylic acids is 3. The molecule has 1 heterocycles. The minimum atomic E-state index is -0.305. The van der Waals surface area contributed by atoms with Crippen LogP contribution in [-0.4, -0.2) is 47.2 Å². The van der Waals surface area contributed by atoms with Gasteiger partial charge in [0.25, 0.3) is 17.7 Å². The smallest absolute Gasteiger partial charge is 0.261 e. The van der Waals surface area contributed by atoms with Gasteiger partial charge < -0.3 is 9.64 Å². The Morgan fingerprint density at radius 1 is 0.912 bits per heavy atom. The predicted molar refractivity (Wildman–Crippen MR) is 130 cm³/mol. The second-order valence-corrected chi connectivity index (χ2v) is 8.43. The van der Waals surface area contributed by atoms with E-state index in [4.69, 9.17) is 4.74 Å². The van der Waals surface area contributed by atoms with Crippen molar-refractivity contribution in [2.24, 2.45) is 0 Å². The average Bonchev–Trinajstić information content (AvgIpc) is 3.10. The summed E-state index contributed by atoms with van der Waals surface area (Å²) >= 11 is 0. The summed E-state index contributed by atoms with van der Waals surface area (Å²) in [6, 6.07) is 21.9. The molecule has 1 aliphatic rings. The molecule has 6 heteroatoms. The first-order valence-corrected chi connectivity index (χ1v) is 11.4. The van der Waals surface area contributed by atoms with E-state index in [1.807, 2.05) is 49.1 Å². The van der Waals surface area contributed by atoms with Gasteiger partial charge in [0.15, 0.2) is 0 Å². The van der Waals surface area contributed by atoms with Crippen LogP contribution in [0.5, 0.6) is 5.75 Å². The zero-order valence-corrected chi connectivity index (χ0v) is 19.7. The Labute approximate surface area is 199 Å². The lowest BCUT2D eigenvalue weighted by molar-refractivity contribution is 0.0641. The fraction of sp³-hybridized carbons (Fsp3) is 0.250. The number of imide groups is 1. The molecule has 4 rings (SSSR count). The molecular formula is C28H28N2O4.